The first kappa shape index (κ1) is 11.6. The van der Waals surface area contributed by atoms with Gasteiger partial charge in [0.05, 0.1) is 6.04 Å². The van der Waals surface area contributed by atoms with E-state index in [9.17, 15) is 0 Å². The van der Waals surface area contributed by atoms with Crippen LogP contribution in [0.5, 0.6) is 0 Å². The summed E-state index contributed by atoms with van der Waals surface area (Å²) in [5, 5.41) is 5.45. The molecule has 15 heavy (non-hydrogen) atoms. The summed E-state index contributed by atoms with van der Waals surface area (Å²) in [5.41, 5.74) is 0. The third-order valence-corrected chi connectivity index (χ3v) is 5.25. The lowest BCUT2D eigenvalue weighted by Gasteiger charge is -2.23. The normalized spacial score (nSPS) is 39.3. The van der Waals surface area contributed by atoms with Crippen LogP contribution in [0, 0.1) is 0 Å². The molecule has 0 aromatic heterocycles. The lowest BCUT2D eigenvalue weighted by atomic mass is 10.2. The number of amidine groups is 1. The maximum atomic E-state index is 4.89. The molecule has 0 spiro atoms. The largest absolute Gasteiger partial charge is 0.362 e. The van der Waals surface area contributed by atoms with Crippen molar-refractivity contribution in [1.29, 1.82) is 0 Å². The molecule has 0 bridgehead atoms. The van der Waals surface area contributed by atoms with E-state index in [2.05, 4.69) is 18.5 Å². The van der Waals surface area contributed by atoms with E-state index in [0.717, 1.165) is 5.25 Å². The highest BCUT2D eigenvalue weighted by molar-refractivity contribution is 8.13. The lowest BCUT2D eigenvalue weighted by Crippen LogP contribution is -2.36. The van der Waals surface area contributed by atoms with Gasteiger partial charge in [0.2, 0.25) is 0 Å². The maximum Gasteiger partial charge on any atom is 0.157 e. The minimum Gasteiger partial charge on any atom is -0.362 e. The Labute approximate surface area is 101 Å². The second kappa shape index (κ2) is 5.48. The third-order valence-electron chi connectivity index (χ3n) is 3.16. The Bertz CT molecular complexity index is 243. The van der Waals surface area contributed by atoms with E-state index in [1.54, 1.807) is 0 Å². The number of hydrogen-bond acceptors (Lipinski definition) is 3. The van der Waals surface area contributed by atoms with Crippen molar-refractivity contribution >= 4 is 28.7 Å². The van der Waals surface area contributed by atoms with Crippen LogP contribution in [0.2, 0.25) is 0 Å². The number of aliphatic imine (C=N–C) groups is 1. The number of rotatable bonds is 2. The zero-order valence-electron chi connectivity index (χ0n) is 9.53. The van der Waals surface area contributed by atoms with Crippen LogP contribution < -0.4 is 5.32 Å². The van der Waals surface area contributed by atoms with Gasteiger partial charge in [0, 0.05) is 17.0 Å². The van der Waals surface area contributed by atoms with Crippen LogP contribution in [-0.2, 0) is 0 Å². The van der Waals surface area contributed by atoms with Crippen molar-refractivity contribution < 1.29 is 0 Å². The third kappa shape index (κ3) is 3.06. The maximum absolute atomic E-state index is 4.89. The first-order valence-corrected chi connectivity index (χ1v) is 8.07. The van der Waals surface area contributed by atoms with Crippen molar-refractivity contribution in [2.24, 2.45) is 4.99 Å². The molecular weight excluding hydrogens is 224 g/mol. The molecular formula is C11H20N2S2. The van der Waals surface area contributed by atoms with E-state index in [-0.39, 0.29) is 0 Å². The number of thioether (sulfide) groups is 2. The molecule has 2 fully saturated rings. The summed E-state index contributed by atoms with van der Waals surface area (Å²) < 4.78 is 0. The molecule has 0 amide bonds. The van der Waals surface area contributed by atoms with Crippen molar-refractivity contribution in [3.63, 3.8) is 0 Å². The Morgan fingerprint density at radius 3 is 3.00 bits per heavy atom. The van der Waals surface area contributed by atoms with Gasteiger partial charge in [0.1, 0.15) is 0 Å². The number of nitrogens with zero attached hydrogens (tertiary/aromatic N) is 1. The Kier molecular flexibility index (Phi) is 4.26. The molecule has 1 aliphatic carbocycles. The molecule has 2 aliphatic rings. The summed E-state index contributed by atoms with van der Waals surface area (Å²) in [6.07, 6.45) is 7.47. The highest BCUT2D eigenvalue weighted by atomic mass is 32.2. The summed E-state index contributed by atoms with van der Waals surface area (Å²) in [5.74, 6) is 1.23. The van der Waals surface area contributed by atoms with Crippen molar-refractivity contribution in [2.75, 3.05) is 12.0 Å². The minimum atomic E-state index is 0.570. The van der Waals surface area contributed by atoms with Crippen molar-refractivity contribution in [3.05, 3.63) is 0 Å². The first-order chi connectivity index (χ1) is 7.29. The zero-order chi connectivity index (χ0) is 10.7. The van der Waals surface area contributed by atoms with Gasteiger partial charge in [-0.15, -0.1) is 0 Å². The highest BCUT2D eigenvalue weighted by Gasteiger charge is 2.27. The molecule has 3 atom stereocenters. The predicted octanol–water partition coefficient (Wildman–Crippen LogP) is 2.74. The van der Waals surface area contributed by atoms with E-state index in [4.69, 9.17) is 4.99 Å². The van der Waals surface area contributed by atoms with Gasteiger partial charge < -0.3 is 5.32 Å². The molecule has 1 heterocycles. The molecule has 1 aliphatic heterocycles. The van der Waals surface area contributed by atoms with Gasteiger partial charge in [-0.3, -0.25) is 4.99 Å². The summed E-state index contributed by atoms with van der Waals surface area (Å²) in [7, 11) is 0. The van der Waals surface area contributed by atoms with Crippen LogP contribution in [-0.4, -0.2) is 34.5 Å². The smallest absolute Gasteiger partial charge is 0.157 e. The average Bonchev–Trinajstić information content (AvgIpc) is 2.65. The van der Waals surface area contributed by atoms with Crippen molar-refractivity contribution in [3.8, 4) is 0 Å². The number of nitrogens with one attached hydrogen (secondary N) is 1. The van der Waals surface area contributed by atoms with Gasteiger partial charge in [0.15, 0.2) is 5.17 Å². The number of hydrogen-bond donors (Lipinski definition) is 1. The van der Waals surface area contributed by atoms with Crippen molar-refractivity contribution in [2.45, 2.75) is 49.9 Å². The van der Waals surface area contributed by atoms with Crippen LogP contribution in [0.25, 0.3) is 0 Å². The zero-order valence-corrected chi connectivity index (χ0v) is 11.2. The monoisotopic (exact) mass is 244 g/mol. The van der Waals surface area contributed by atoms with Gasteiger partial charge in [-0.2, -0.15) is 11.8 Å². The van der Waals surface area contributed by atoms with Gasteiger partial charge in [-0.05, 0) is 32.4 Å². The van der Waals surface area contributed by atoms with Crippen molar-refractivity contribution in [1.82, 2.24) is 5.32 Å². The van der Waals surface area contributed by atoms with Crippen LogP contribution in [0.3, 0.4) is 0 Å². The van der Waals surface area contributed by atoms with E-state index >= 15 is 0 Å². The molecule has 0 aromatic carbocycles. The van der Waals surface area contributed by atoms with E-state index in [1.165, 1.54) is 36.6 Å². The van der Waals surface area contributed by atoms with Crippen LogP contribution in [0.15, 0.2) is 4.99 Å². The molecule has 1 N–H and O–H groups in total. The van der Waals surface area contributed by atoms with Gasteiger partial charge in [-0.1, -0.05) is 18.2 Å². The molecule has 2 rings (SSSR count). The Balaban J connectivity index is 1.95. The van der Waals surface area contributed by atoms with E-state index < -0.39 is 0 Å². The molecule has 1 saturated heterocycles. The molecule has 3 unspecified atom stereocenters. The Morgan fingerprint density at radius 1 is 1.40 bits per heavy atom. The standard InChI is InChI=1S/C11H20N2S2/c1-8-6-7-15-11(12-8)13-9-4-3-5-10(9)14-2/h8-10H,3-7H2,1-2H3,(H,12,13). The first-order valence-electron chi connectivity index (χ1n) is 5.79. The molecule has 86 valence electrons. The molecule has 4 heteroatoms. The summed E-state index contributed by atoms with van der Waals surface area (Å²) >= 11 is 3.88. The molecule has 0 radical (unpaired) electrons. The van der Waals surface area contributed by atoms with Gasteiger partial charge in [-0.25, -0.2) is 0 Å². The summed E-state index contributed by atoms with van der Waals surface area (Å²) in [4.78, 5) is 4.89. The Hall–Kier alpha value is 0.170. The fraction of sp³-hybridized carbons (Fsp3) is 0.909. The quantitative estimate of drug-likeness (QED) is 0.808. The predicted molar refractivity (Wildman–Crippen MR) is 72.0 cm³/mol. The molecule has 0 aromatic rings. The second-order valence-electron chi connectivity index (χ2n) is 4.39. The second-order valence-corrected chi connectivity index (χ2v) is 6.55. The highest BCUT2D eigenvalue weighted by Crippen LogP contribution is 2.31. The molecule has 1 saturated carbocycles. The van der Waals surface area contributed by atoms with E-state index in [1.807, 2.05) is 23.5 Å². The van der Waals surface area contributed by atoms with Crippen LogP contribution in [0.4, 0.5) is 0 Å². The summed E-state index contributed by atoms with van der Waals surface area (Å²) in [6, 6.07) is 1.18. The van der Waals surface area contributed by atoms with Gasteiger partial charge in [0.25, 0.3) is 0 Å². The minimum absolute atomic E-state index is 0.570. The van der Waals surface area contributed by atoms with Gasteiger partial charge >= 0.3 is 0 Å². The van der Waals surface area contributed by atoms with E-state index in [0.29, 0.717) is 12.1 Å². The lowest BCUT2D eigenvalue weighted by molar-refractivity contribution is 0.633. The fourth-order valence-corrected chi connectivity index (χ4v) is 4.28. The summed E-state index contributed by atoms with van der Waals surface area (Å²) in [6.45, 7) is 2.25. The van der Waals surface area contributed by atoms with Crippen LogP contribution >= 0.6 is 23.5 Å². The topological polar surface area (TPSA) is 24.4 Å². The SMILES string of the molecule is CSC1CCCC1N=C1NC(C)CCS1. The fourth-order valence-electron chi connectivity index (χ4n) is 2.21. The van der Waals surface area contributed by atoms with Crippen LogP contribution in [0.1, 0.15) is 32.6 Å². The Morgan fingerprint density at radius 2 is 2.27 bits per heavy atom. The average molecular weight is 244 g/mol. The molecule has 2 nitrogen and oxygen atoms in total.